The van der Waals surface area contributed by atoms with Crippen LogP contribution in [0.4, 0.5) is 0 Å². The third kappa shape index (κ3) is 3.82. The first-order chi connectivity index (χ1) is 10.1. The van der Waals surface area contributed by atoms with Gasteiger partial charge in [0.05, 0.1) is 0 Å². The largest absolute Gasteiger partial charge is 0.308 e. The number of hydrogen-bond acceptors (Lipinski definition) is 2. The molecule has 1 unspecified atom stereocenters. The summed E-state index contributed by atoms with van der Waals surface area (Å²) in [6.45, 7) is 13.3. The maximum Gasteiger partial charge on any atom is 0.0335 e. The Kier molecular flexibility index (Phi) is 6.14. The molecule has 124 valence electrons. The molecule has 2 nitrogen and oxygen atoms in total. The fourth-order valence-corrected chi connectivity index (χ4v) is 4.70. The van der Waals surface area contributed by atoms with Gasteiger partial charge in [-0.15, -0.1) is 0 Å². The van der Waals surface area contributed by atoms with Crippen molar-refractivity contribution in [1.82, 2.24) is 10.2 Å². The SMILES string of the molecule is CCCC(C)CN1CC(CC)(CC)NCC12CCCCC2. The smallest absolute Gasteiger partial charge is 0.0335 e. The van der Waals surface area contributed by atoms with E-state index in [1.165, 1.54) is 77.4 Å². The van der Waals surface area contributed by atoms with Crippen LogP contribution in [0.1, 0.15) is 85.5 Å². The van der Waals surface area contributed by atoms with E-state index < -0.39 is 0 Å². The number of rotatable bonds is 6. The van der Waals surface area contributed by atoms with Crippen molar-refractivity contribution in [2.24, 2.45) is 5.92 Å². The molecule has 1 spiro atoms. The molecule has 21 heavy (non-hydrogen) atoms. The third-order valence-electron chi connectivity index (χ3n) is 6.41. The van der Waals surface area contributed by atoms with Crippen LogP contribution in [0.2, 0.25) is 0 Å². The first-order valence-corrected chi connectivity index (χ1v) is 9.60. The molecule has 2 fully saturated rings. The molecule has 0 radical (unpaired) electrons. The highest BCUT2D eigenvalue weighted by atomic mass is 15.3. The van der Waals surface area contributed by atoms with E-state index in [1.54, 1.807) is 0 Å². The van der Waals surface area contributed by atoms with Gasteiger partial charge < -0.3 is 5.32 Å². The summed E-state index contributed by atoms with van der Waals surface area (Å²) in [6.07, 6.45) is 12.4. The second-order valence-electron chi connectivity index (χ2n) is 7.90. The fraction of sp³-hybridized carbons (Fsp3) is 1.00. The number of nitrogens with one attached hydrogen (secondary N) is 1. The summed E-state index contributed by atoms with van der Waals surface area (Å²) < 4.78 is 0. The molecule has 1 aliphatic heterocycles. The van der Waals surface area contributed by atoms with Crippen LogP contribution in [0.5, 0.6) is 0 Å². The Morgan fingerprint density at radius 1 is 1.05 bits per heavy atom. The average molecular weight is 295 g/mol. The summed E-state index contributed by atoms with van der Waals surface area (Å²) >= 11 is 0. The van der Waals surface area contributed by atoms with Gasteiger partial charge in [0.2, 0.25) is 0 Å². The summed E-state index contributed by atoms with van der Waals surface area (Å²) in [5.74, 6) is 0.846. The molecule has 1 heterocycles. The van der Waals surface area contributed by atoms with Crippen LogP contribution in [0.15, 0.2) is 0 Å². The first kappa shape index (κ1) is 17.3. The lowest BCUT2D eigenvalue weighted by Gasteiger charge is -2.57. The number of nitrogens with zero attached hydrogens (tertiary/aromatic N) is 1. The standard InChI is InChI=1S/C19H38N2/c1-5-11-17(4)14-21-16-18(6-2,7-3)20-15-19(21)12-9-8-10-13-19/h17,20H,5-16H2,1-4H3. The van der Waals surface area contributed by atoms with Gasteiger partial charge in [-0.05, 0) is 38.0 Å². The van der Waals surface area contributed by atoms with Crippen LogP contribution in [0, 0.1) is 5.92 Å². The van der Waals surface area contributed by atoms with E-state index in [-0.39, 0.29) is 0 Å². The van der Waals surface area contributed by atoms with E-state index in [1.807, 2.05) is 0 Å². The second kappa shape index (κ2) is 7.46. The topological polar surface area (TPSA) is 15.3 Å². The van der Waals surface area contributed by atoms with Crippen LogP contribution < -0.4 is 5.32 Å². The van der Waals surface area contributed by atoms with Crippen LogP contribution in [-0.2, 0) is 0 Å². The van der Waals surface area contributed by atoms with Crippen molar-refractivity contribution in [2.75, 3.05) is 19.6 Å². The molecule has 2 rings (SSSR count). The number of piperazine rings is 1. The monoisotopic (exact) mass is 294 g/mol. The summed E-state index contributed by atoms with van der Waals surface area (Å²) in [5, 5.41) is 3.99. The van der Waals surface area contributed by atoms with E-state index in [4.69, 9.17) is 0 Å². The molecule has 1 saturated carbocycles. The van der Waals surface area contributed by atoms with Gasteiger partial charge in [-0.2, -0.15) is 0 Å². The molecule has 0 bridgehead atoms. The van der Waals surface area contributed by atoms with Gasteiger partial charge in [0.25, 0.3) is 0 Å². The highest BCUT2D eigenvalue weighted by Gasteiger charge is 2.46. The minimum atomic E-state index is 0.370. The summed E-state index contributed by atoms with van der Waals surface area (Å²) in [7, 11) is 0. The minimum Gasteiger partial charge on any atom is -0.308 e. The molecule has 0 aromatic heterocycles. The van der Waals surface area contributed by atoms with Gasteiger partial charge in [0.1, 0.15) is 0 Å². The van der Waals surface area contributed by atoms with Crippen LogP contribution in [-0.4, -0.2) is 35.6 Å². The maximum absolute atomic E-state index is 3.99. The van der Waals surface area contributed by atoms with Crippen molar-refractivity contribution in [3.63, 3.8) is 0 Å². The summed E-state index contributed by atoms with van der Waals surface area (Å²) in [5.41, 5.74) is 0.850. The molecule has 2 aliphatic rings. The molecule has 2 heteroatoms. The van der Waals surface area contributed by atoms with Crippen molar-refractivity contribution in [3.05, 3.63) is 0 Å². The predicted molar refractivity (Wildman–Crippen MR) is 92.8 cm³/mol. The zero-order valence-corrected chi connectivity index (χ0v) is 15.0. The Bertz CT molecular complexity index is 303. The van der Waals surface area contributed by atoms with Gasteiger partial charge in [-0.3, -0.25) is 4.90 Å². The zero-order chi connectivity index (χ0) is 15.3. The van der Waals surface area contributed by atoms with Crippen LogP contribution in [0.3, 0.4) is 0 Å². The van der Waals surface area contributed by atoms with E-state index in [0.29, 0.717) is 11.1 Å². The Balaban J connectivity index is 2.12. The van der Waals surface area contributed by atoms with Gasteiger partial charge in [-0.25, -0.2) is 0 Å². The van der Waals surface area contributed by atoms with Crippen molar-refractivity contribution in [2.45, 2.75) is 96.6 Å². The minimum absolute atomic E-state index is 0.370. The Morgan fingerprint density at radius 2 is 1.71 bits per heavy atom. The van der Waals surface area contributed by atoms with Crippen molar-refractivity contribution in [3.8, 4) is 0 Å². The molecule has 0 aromatic carbocycles. The van der Waals surface area contributed by atoms with Gasteiger partial charge in [0.15, 0.2) is 0 Å². The van der Waals surface area contributed by atoms with E-state index in [9.17, 15) is 0 Å². The highest BCUT2D eigenvalue weighted by Crippen LogP contribution is 2.39. The van der Waals surface area contributed by atoms with E-state index >= 15 is 0 Å². The van der Waals surface area contributed by atoms with E-state index in [2.05, 4.69) is 37.9 Å². The first-order valence-electron chi connectivity index (χ1n) is 9.60. The zero-order valence-electron chi connectivity index (χ0n) is 15.0. The molecule has 1 atom stereocenters. The average Bonchev–Trinajstić information content (AvgIpc) is 2.51. The maximum atomic E-state index is 3.99. The Morgan fingerprint density at radius 3 is 2.29 bits per heavy atom. The predicted octanol–water partition coefficient (Wildman–Crippen LogP) is 4.59. The molecule has 1 N–H and O–H groups in total. The lowest BCUT2D eigenvalue weighted by atomic mass is 9.75. The molecular formula is C19H38N2. The quantitative estimate of drug-likeness (QED) is 0.771. The van der Waals surface area contributed by atoms with E-state index in [0.717, 1.165) is 5.92 Å². The molecule has 1 aliphatic carbocycles. The van der Waals surface area contributed by atoms with Crippen molar-refractivity contribution >= 4 is 0 Å². The summed E-state index contributed by atoms with van der Waals surface area (Å²) in [6, 6.07) is 0. The lowest BCUT2D eigenvalue weighted by molar-refractivity contribution is -0.0302. The van der Waals surface area contributed by atoms with Gasteiger partial charge in [0, 0.05) is 30.7 Å². The second-order valence-corrected chi connectivity index (χ2v) is 7.90. The fourth-order valence-electron chi connectivity index (χ4n) is 4.70. The molecule has 1 saturated heterocycles. The lowest BCUT2D eigenvalue weighted by Crippen LogP contribution is -2.70. The van der Waals surface area contributed by atoms with Gasteiger partial charge >= 0.3 is 0 Å². The third-order valence-corrected chi connectivity index (χ3v) is 6.41. The molecular weight excluding hydrogens is 256 g/mol. The van der Waals surface area contributed by atoms with Gasteiger partial charge in [-0.1, -0.05) is 53.4 Å². The highest BCUT2D eigenvalue weighted by molar-refractivity contribution is 5.05. The van der Waals surface area contributed by atoms with Crippen molar-refractivity contribution in [1.29, 1.82) is 0 Å². The van der Waals surface area contributed by atoms with Crippen LogP contribution in [0.25, 0.3) is 0 Å². The molecule has 0 aromatic rings. The normalized spacial score (nSPS) is 26.9. The van der Waals surface area contributed by atoms with Crippen molar-refractivity contribution < 1.29 is 0 Å². The Hall–Kier alpha value is -0.0800. The van der Waals surface area contributed by atoms with Crippen LogP contribution >= 0.6 is 0 Å². The summed E-state index contributed by atoms with van der Waals surface area (Å²) in [4.78, 5) is 2.93. The molecule has 0 amide bonds. The number of hydrogen-bond donors (Lipinski definition) is 1. The Labute approximate surface area is 133 Å².